The summed E-state index contributed by atoms with van der Waals surface area (Å²) in [5.74, 6) is 1.06. The minimum atomic E-state index is -3.35. The Hall–Kier alpha value is -3.07. The maximum Gasteiger partial charge on any atom is 0.242 e. The molecule has 0 unspecified atom stereocenters. The molecule has 2 aromatic rings. The molecule has 1 aliphatic heterocycles. The molecule has 0 aliphatic carbocycles. The number of sulfonamides is 1. The summed E-state index contributed by atoms with van der Waals surface area (Å²) in [5, 5.41) is 6.08. The Balaban J connectivity index is 1.95. The van der Waals surface area contributed by atoms with Crippen LogP contribution in [0.1, 0.15) is 36.9 Å². The first-order chi connectivity index (χ1) is 14.3. The Labute approximate surface area is 176 Å². The van der Waals surface area contributed by atoms with Crippen LogP contribution in [0.3, 0.4) is 0 Å². The maximum absolute atomic E-state index is 12.6. The van der Waals surface area contributed by atoms with Gasteiger partial charge in [-0.1, -0.05) is 31.2 Å². The van der Waals surface area contributed by atoms with Crippen molar-refractivity contribution in [3.63, 3.8) is 0 Å². The van der Waals surface area contributed by atoms with Crippen LogP contribution in [-0.2, 0) is 14.8 Å². The van der Waals surface area contributed by atoms with E-state index in [4.69, 9.17) is 9.47 Å². The molecule has 0 fully saturated rings. The van der Waals surface area contributed by atoms with Gasteiger partial charge in [0.2, 0.25) is 15.9 Å². The van der Waals surface area contributed by atoms with E-state index in [1.807, 2.05) is 12.1 Å². The summed E-state index contributed by atoms with van der Waals surface area (Å²) in [7, 11) is -0.215. The Morgan fingerprint density at radius 3 is 2.43 bits per heavy atom. The van der Waals surface area contributed by atoms with Crippen molar-refractivity contribution in [2.24, 2.45) is 5.10 Å². The molecule has 1 amide bonds. The molecule has 0 saturated heterocycles. The third kappa shape index (κ3) is 4.56. The zero-order valence-electron chi connectivity index (χ0n) is 17.4. The molecule has 30 heavy (non-hydrogen) atoms. The molecule has 0 saturated carbocycles. The lowest BCUT2D eigenvalue weighted by Gasteiger charge is -2.24. The average Bonchev–Trinajstić information content (AvgIpc) is 3.17. The highest BCUT2D eigenvalue weighted by Gasteiger charge is 2.34. The fourth-order valence-corrected chi connectivity index (χ4v) is 4.00. The number of benzene rings is 2. The van der Waals surface area contributed by atoms with Gasteiger partial charge >= 0.3 is 0 Å². The predicted octanol–water partition coefficient (Wildman–Crippen LogP) is 3.16. The van der Waals surface area contributed by atoms with Crippen molar-refractivity contribution in [2.75, 3.05) is 25.2 Å². The lowest BCUT2D eigenvalue weighted by atomic mass is 9.97. The van der Waals surface area contributed by atoms with Crippen LogP contribution in [0.2, 0.25) is 0 Å². The molecule has 8 nitrogen and oxygen atoms in total. The van der Waals surface area contributed by atoms with Gasteiger partial charge in [-0.3, -0.25) is 9.52 Å². The summed E-state index contributed by atoms with van der Waals surface area (Å²) in [6.45, 7) is 1.79. The molecule has 9 heteroatoms. The van der Waals surface area contributed by atoms with Gasteiger partial charge < -0.3 is 9.47 Å². The normalized spacial score (nSPS) is 16.2. The SMILES string of the molecule is CCC(=O)N1N=C(c2ccc(NS(C)(=O)=O)cc2)C[C@@H]1c1cccc(OC)c1OC. The number of hydrogen-bond acceptors (Lipinski definition) is 6. The number of hydrazone groups is 1. The molecule has 1 N–H and O–H groups in total. The minimum absolute atomic E-state index is 0.102. The number of carbonyl (C=O) groups is 1. The van der Waals surface area contributed by atoms with Crippen molar-refractivity contribution < 1.29 is 22.7 Å². The highest BCUT2D eigenvalue weighted by Crippen LogP contribution is 2.41. The van der Waals surface area contributed by atoms with E-state index >= 15 is 0 Å². The second-order valence-corrected chi connectivity index (χ2v) is 8.64. The number of anilines is 1. The second kappa shape index (κ2) is 8.74. The highest BCUT2D eigenvalue weighted by molar-refractivity contribution is 7.92. The molecule has 1 heterocycles. The van der Waals surface area contributed by atoms with Crippen LogP contribution in [0.5, 0.6) is 11.5 Å². The topological polar surface area (TPSA) is 97.3 Å². The summed E-state index contributed by atoms with van der Waals surface area (Å²) < 4.78 is 36.2. The molecular formula is C21H25N3O5S. The van der Waals surface area contributed by atoms with Gasteiger partial charge in [0.05, 0.1) is 32.2 Å². The first-order valence-corrected chi connectivity index (χ1v) is 11.3. The number of rotatable bonds is 7. The van der Waals surface area contributed by atoms with Crippen LogP contribution < -0.4 is 14.2 Å². The molecule has 0 radical (unpaired) electrons. The summed E-state index contributed by atoms with van der Waals surface area (Å²) in [4.78, 5) is 12.6. The lowest BCUT2D eigenvalue weighted by molar-refractivity contribution is -0.132. The number of carbonyl (C=O) groups excluding carboxylic acids is 1. The number of para-hydroxylation sites is 1. The van der Waals surface area contributed by atoms with Crippen molar-refractivity contribution in [2.45, 2.75) is 25.8 Å². The zero-order chi connectivity index (χ0) is 21.9. The van der Waals surface area contributed by atoms with Crippen molar-refractivity contribution >= 4 is 27.3 Å². The molecule has 2 aromatic carbocycles. The quantitative estimate of drug-likeness (QED) is 0.726. The smallest absolute Gasteiger partial charge is 0.242 e. The van der Waals surface area contributed by atoms with E-state index in [2.05, 4.69) is 9.82 Å². The Morgan fingerprint density at radius 2 is 1.87 bits per heavy atom. The number of methoxy groups -OCH3 is 2. The van der Waals surface area contributed by atoms with Crippen molar-refractivity contribution in [3.05, 3.63) is 53.6 Å². The largest absolute Gasteiger partial charge is 0.493 e. The average molecular weight is 432 g/mol. The molecule has 1 atom stereocenters. The lowest BCUT2D eigenvalue weighted by Crippen LogP contribution is -2.26. The number of nitrogens with zero attached hydrogens (tertiary/aromatic N) is 2. The van der Waals surface area contributed by atoms with Crippen LogP contribution in [-0.4, -0.2) is 45.5 Å². The van der Waals surface area contributed by atoms with E-state index in [1.165, 1.54) is 5.01 Å². The van der Waals surface area contributed by atoms with Crippen molar-refractivity contribution in [1.82, 2.24) is 5.01 Å². The van der Waals surface area contributed by atoms with E-state index in [0.29, 0.717) is 30.0 Å². The van der Waals surface area contributed by atoms with Gasteiger partial charge in [-0.15, -0.1) is 0 Å². The number of nitrogens with one attached hydrogen (secondary N) is 1. The second-order valence-electron chi connectivity index (χ2n) is 6.89. The standard InChI is InChI=1S/C21H25N3O5S/c1-5-20(25)24-18(16-7-6-8-19(28-2)21(16)29-3)13-17(22-24)14-9-11-15(12-10-14)23-30(4,26)27/h6-12,18,23H,5,13H2,1-4H3/t18-/m1/s1. The van der Waals surface area contributed by atoms with Crippen LogP contribution in [0.25, 0.3) is 0 Å². The Morgan fingerprint density at radius 1 is 1.17 bits per heavy atom. The molecule has 0 aromatic heterocycles. The van der Waals surface area contributed by atoms with E-state index in [-0.39, 0.29) is 11.9 Å². The van der Waals surface area contributed by atoms with Gasteiger partial charge in [-0.2, -0.15) is 5.10 Å². The van der Waals surface area contributed by atoms with Crippen LogP contribution >= 0.6 is 0 Å². The van der Waals surface area contributed by atoms with E-state index < -0.39 is 10.0 Å². The Kier molecular flexibility index (Phi) is 6.31. The fraction of sp³-hybridized carbons (Fsp3) is 0.333. The van der Waals surface area contributed by atoms with E-state index in [0.717, 1.165) is 23.1 Å². The molecule has 1 aliphatic rings. The predicted molar refractivity (Wildman–Crippen MR) is 115 cm³/mol. The minimum Gasteiger partial charge on any atom is -0.493 e. The number of hydrogen-bond donors (Lipinski definition) is 1. The fourth-order valence-electron chi connectivity index (χ4n) is 3.44. The summed E-state index contributed by atoms with van der Waals surface area (Å²) in [6.07, 6.45) is 1.91. The highest BCUT2D eigenvalue weighted by atomic mass is 32.2. The van der Waals surface area contributed by atoms with E-state index in [9.17, 15) is 13.2 Å². The van der Waals surface area contributed by atoms with Crippen LogP contribution in [0, 0.1) is 0 Å². The van der Waals surface area contributed by atoms with Gasteiger partial charge in [0, 0.05) is 24.1 Å². The molecule has 160 valence electrons. The third-order valence-corrected chi connectivity index (χ3v) is 5.39. The van der Waals surface area contributed by atoms with Gasteiger partial charge in [0.25, 0.3) is 0 Å². The third-order valence-electron chi connectivity index (χ3n) is 4.78. The molecule has 0 bridgehead atoms. The van der Waals surface area contributed by atoms with Crippen LogP contribution in [0.15, 0.2) is 47.6 Å². The van der Waals surface area contributed by atoms with Gasteiger partial charge in [0.15, 0.2) is 11.5 Å². The first-order valence-electron chi connectivity index (χ1n) is 9.46. The first kappa shape index (κ1) is 21.6. The maximum atomic E-state index is 12.6. The van der Waals surface area contributed by atoms with Crippen molar-refractivity contribution in [3.8, 4) is 11.5 Å². The summed E-state index contributed by atoms with van der Waals surface area (Å²) >= 11 is 0. The molecule has 3 rings (SSSR count). The molecular weight excluding hydrogens is 406 g/mol. The zero-order valence-corrected chi connectivity index (χ0v) is 18.2. The Bertz CT molecular complexity index is 1060. The van der Waals surface area contributed by atoms with Gasteiger partial charge in [-0.25, -0.2) is 13.4 Å². The van der Waals surface area contributed by atoms with Crippen LogP contribution in [0.4, 0.5) is 5.69 Å². The van der Waals surface area contributed by atoms with E-state index in [1.54, 1.807) is 51.5 Å². The van der Waals surface area contributed by atoms with Gasteiger partial charge in [-0.05, 0) is 23.8 Å². The monoisotopic (exact) mass is 431 g/mol. The van der Waals surface area contributed by atoms with Gasteiger partial charge in [0.1, 0.15) is 0 Å². The van der Waals surface area contributed by atoms with Crippen molar-refractivity contribution in [1.29, 1.82) is 0 Å². The summed E-state index contributed by atoms with van der Waals surface area (Å²) in [5.41, 5.74) is 2.82. The molecule has 0 spiro atoms. The number of amides is 1. The number of ether oxygens (including phenoxy) is 2. The summed E-state index contributed by atoms with van der Waals surface area (Å²) in [6, 6.07) is 12.1.